The fourth-order valence-corrected chi connectivity index (χ4v) is 3.75. The lowest BCUT2D eigenvalue weighted by Crippen LogP contribution is -2.42. The fourth-order valence-electron chi connectivity index (χ4n) is 3.44. The van der Waals surface area contributed by atoms with Crippen molar-refractivity contribution in [2.75, 3.05) is 24.1 Å². The molecule has 0 bridgehead atoms. The molecule has 1 aromatic heterocycles. The van der Waals surface area contributed by atoms with Gasteiger partial charge in [-0.25, -0.2) is 9.78 Å². The first-order valence-electron chi connectivity index (χ1n) is 9.95. The van der Waals surface area contributed by atoms with E-state index < -0.39 is 5.60 Å². The van der Waals surface area contributed by atoms with Crippen LogP contribution in [0.3, 0.4) is 0 Å². The number of rotatable bonds is 4. The number of halogens is 1. The third-order valence-electron chi connectivity index (χ3n) is 4.87. The summed E-state index contributed by atoms with van der Waals surface area (Å²) in [5.74, 6) is 1.19. The number of benzene rings is 1. The Balaban J connectivity index is 1.56. The van der Waals surface area contributed by atoms with Crippen LogP contribution >= 0.6 is 15.9 Å². The van der Waals surface area contributed by atoms with Crippen LogP contribution < -0.4 is 11.1 Å². The molecule has 1 amide bonds. The van der Waals surface area contributed by atoms with Crippen LogP contribution in [0, 0.1) is 5.92 Å². The molecule has 156 valence electrons. The topological polar surface area (TPSA) is 80.5 Å². The fraction of sp³-hybridized carbons (Fsp3) is 0.455. The second kappa shape index (κ2) is 9.03. The second-order valence-electron chi connectivity index (χ2n) is 8.51. The van der Waals surface area contributed by atoms with E-state index >= 15 is 0 Å². The predicted molar refractivity (Wildman–Crippen MR) is 120 cm³/mol. The van der Waals surface area contributed by atoms with Gasteiger partial charge in [-0.2, -0.15) is 0 Å². The molecule has 2 aromatic rings. The SMILES string of the molecule is CC(C)(C)OC(=O)N1CCC(Cc2cccc(Nc3nc(Br)ccc3N)c2)CC1. The number of amides is 1. The first-order chi connectivity index (χ1) is 13.7. The Bertz CT molecular complexity index is 858. The number of carbonyl (C=O) groups excluding carboxylic acids is 1. The number of piperidine rings is 1. The quantitative estimate of drug-likeness (QED) is 0.600. The minimum atomic E-state index is -0.450. The smallest absolute Gasteiger partial charge is 0.410 e. The minimum Gasteiger partial charge on any atom is -0.444 e. The van der Waals surface area contributed by atoms with E-state index in [4.69, 9.17) is 10.5 Å². The molecule has 1 aliphatic rings. The molecule has 0 spiro atoms. The molecule has 3 N–H and O–H groups in total. The molecule has 3 rings (SSSR count). The van der Waals surface area contributed by atoms with E-state index in [0.29, 0.717) is 17.4 Å². The molecule has 2 heterocycles. The van der Waals surface area contributed by atoms with Gasteiger partial charge in [0.15, 0.2) is 5.82 Å². The van der Waals surface area contributed by atoms with Crippen LogP contribution in [-0.2, 0) is 11.2 Å². The normalized spacial score (nSPS) is 15.2. The largest absolute Gasteiger partial charge is 0.444 e. The molecule has 0 atom stereocenters. The highest BCUT2D eigenvalue weighted by Gasteiger charge is 2.26. The molecule has 0 unspecified atom stereocenters. The van der Waals surface area contributed by atoms with Gasteiger partial charge in [-0.3, -0.25) is 0 Å². The van der Waals surface area contributed by atoms with Crippen molar-refractivity contribution in [1.29, 1.82) is 0 Å². The Kier molecular flexibility index (Phi) is 6.67. The zero-order chi connectivity index (χ0) is 21.0. The minimum absolute atomic E-state index is 0.207. The Hall–Kier alpha value is -2.28. The maximum atomic E-state index is 12.2. The van der Waals surface area contributed by atoms with Gasteiger partial charge in [-0.05, 0) is 91.7 Å². The van der Waals surface area contributed by atoms with E-state index in [-0.39, 0.29) is 6.09 Å². The van der Waals surface area contributed by atoms with Crippen LogP contribution in [0.4, 0.5) is 22.0 Å². The highest BCUT2D eigenvalue weighted by atomic mass is 79.9. The van der Waals surface area contributed by atoms with Crippen molar-refractivity contribution in [1.82, 2.24) is 9.88 Å². The monoisotopic (exact) mass is 460 g/mol. The standard InChI is InChI=1S/C22H29BrN4O2/c1-22(2,3)29-21(28)27-11-9-15(10-12-27)13-16-5-4-6-17(14-16)25-20-18(24)7-8-19(23)26-20/h4-8,14-15H,9-13,24H2,1-3H3,(H,25,26). The van der Waals surface area contributed by atoms with Crippen LogP contribution in [0.15, 0.2) is 41.0 Å². The maximum absolute atomic E-state index is 12.2. The lowest BCUT2D eigenvalue weighted by molar-refractivity contribution is 0.0184. The van der Waals surface area contributed by atoms with E-state index in [2.05, 4.69) is 38.4 Å². The molecule has 1 fully saturated rings. The zero-order valence-electron chi connectivity index (χ0n) is 17.2. The average Bonchev–Trinajstić information content (AvgIpc) is 2.64. The molecular weight excluding hydrogens is 432 g/mol. The summed E-state index contributed by atoms with van der Waals surface area (Å²) in [4.78, 5) is 18.4. The number of pyridine rings is 1. The zero-order valence-corrected chi connectivity index (χ0v) is 18.8. The summed E-state index contributed by atoms with van der Waals surface area (Å²) < 4.78 is 6.22. The summed E-state index contributed by atoms with van der Waals surface area (Å²) in [6, 6.07) is 12.0. The number of nitrogen functional groups attached to an aromatic ring is 1. The number of likely N-dealkylation sites (tertiary alicyclic amines) is 1. The van der Waals surface area contributed by atoms with Crippen molar-refractivity contribution in [2.24, 2.45) is 5.92 Å². The Morgan fingerprint density at radius 2 is 2.00 bits per heavy atom. The molecule has 0 saturated carbocycles. The van der Waals surface area contributed by atoms with Crippen molar-refractivity contribution < 1.29 is 9.53 Å². The van der Waals surface area contributed by atoms with E-state index in [9.17, 15) is 4.79 Å². The number of nitrogens with two attached hydrogens (primary N) is 1. The van der Waals surface area contributed by atoms with Crippen molar-refractivity contribution in [3.05, 3.63) is 46.6 Å². The third-order valence-corrected chi connectivity index (χ3v) is 5.31. The Morgan fingerprint density at radius 1 is 1.28 bits per heavy atom. The number of aromatic nitrogens is 1. The Morgan fingerprint density at radius 3 is 2.69 bits per heavy atom. The molecule has 1 aliphatic heterocycles. The second-order valence-corrected chi connectivity index (χ2v) is 9.32. The van der Waals surface area contributed by atoms with Crippen LogP contribution in [-0.4, -0.2) is 34.7 Å². The van der Waals surface area contributed by atoms with Gasteiger partial charge in [0.2, 0.25) is 0 Å². The highest BCUT2D eigenvalue weighted by Crippen LogP contribution is 2.27. The van der Waals surface area contributed by atoms with Gasteiger partial charge in [0.25, 0.3) is 0 Å². The number of anilines is 3. The van der Waals surface area contributed by atoms with Gasteiger partial charge in [-0.15, -0.1) is 0 Å². The van der Waals surface area contributed by atoms with Crippen molar-refractivity contribution in [3.63, 3.8) is 0 Å². The lowest BCUT2D eigenvalue weighted by Gasteiger charge is -2.33. The van der Waals surface area contributed by atoms with Crippen LogP contribution in [0.2, 0.25) is 0 Å². The predicted octanol–water partition coefficient (Wildman–Crippen LogP) is 5.36. The third kappa shape index (κ3) is 6.35. The Labute approximate surface area is 181 Å². The molecule has 1 saturated heterocycles. The van der Waals surface area contributed by atoms with Crippen molar-refractivity contribution in [3.8, 4) is 0 Å². The van der Waals surface area contributed by atoms with E-state index in [1.165, 1.54) is 5.56 Å². The van der Waals surface area contributed by atoms with Gasteiger partial charge >= 0.3 is 6.09 Å². The van der Waals surface area contributed by atoms with E-state index in [1.807, 2.05) is 49.9 Å². The number of hydrogen-bond acceptors (Lipinski definition) is 5. The number of carbonyl (C=O) groups is 1. The number of nitrogens with zero attached hydrogens (tertiary/aromatic N) is 2. The summed E-state index contributed by atoms with van der Waals surface area (Å²) in [7, 11) is 0. The van der Waals surface area contributed by atoms with E-state index in [0.717, 1.165) is 42.6 Å². The van der Waals surface area contributed by atoms with Gasteiger partial charge in [0.1, 0.15) is 10.2 Å². The summed E-state index contributed by atoms with van der Waals surface area (Å²) in [6.07, 6.45) is 2.74. The van der Waals surface area contributed by atoms with E-state index in [1.54, 1.807) is 0 Å². The summed E-state index contributed by atoms with van der Waals surface area (Å²) in [5.41, 5.74) is 8.39. The van der Waals surface area contributed by atoms with Crippen molar-refractivity contribution in [2.45, 2.75) is 45.6 Å². The highest BCUT2D eigenvalue weighted by molar-refractivity contribution is 9.10. The molecule has 7 heteroatoms. The van der Waals surface area contributed by atoms with Crippen LogP contribution in [0.25, 0.3) is 0 Å². The average molecular weight is 461 g/mol. The summed E-state index contributed by atoms with van der Waals surface area (Å²) >= 11 is 3.38. The lowest BCUT2D eigenvalue weighted by atomic mass is 9.90. The summed E-state index contributed by atoms with van der Waals surface area (Å²) in [5, 5.41) is 3.30. The van der Waals surface area contributed by atoms with Crippen molar-refractivity contribution >= 4 is 39.2 Å². The number of ether oxygens (including phenoxy) is 1. The molecule has 0 aliphatic carbocycles. The molecule has 1 aromatic carbocycles. The maximum Gasteiger partial charge on any atom is 0.410 e. The first kappa shape index (κ1) is 21.4. The van der Waals surface area contributed by atoms with Crippen LogP contribution in [0.1, 0.15) is 39.2 Å². The molecule has 6 nitrogen and oxygen atoms in total. The van der Waals surface area contributed by atoms with Gasteiger partial charge < -0.3 is 20.7 Å². The molecular formula is C22H29BrN4O2. The van der Waals surface area contributed by atoms with Gasteiger partial charge in [0.05, 0.1) is 5.69 Å². The van der Waals surface area contributed by atoms with Gasteiger partial charge in [0, 0.05) is 18.8 Å². The van der Waals surface area contributed by atoms with Gasteiger partial charge in [-0.1, -0.05) is 12.1 Å². The number of nitrogens with one attached hydrogen (secondary N) is 1. The molecule has 29 heavy (non-hydrogen) atoms. The summed E-state index contributed by atoms with van der Waals surface area (Å²) in [6.45, 7) is 7.19. The number of hydrogen-bond donors (Lipinski definition) is 2. The first-order valence-corrected chi connectivity index (χ1v) is 10.7. The van der Waals surface area contributed by atoms with Crippen LogP contribution in [0.5, 0.6) is 0 Å². The molecule has 0 radical (unpaired) electrons.